The molecule has 0 aromatic rings. The fraction of sp³-hybridized carbons (Fsp3) is 0.926. The second-order valence-corrected chi connectivity index (χ2v) is 12.8. The Morgan fingerprint density at radius 1 is 1.00 bits per heavy atom. The van der Waals surface area contributed by atoms with Gasteiger partial charge < -0.3 is 5.11 Å². The van der Waals surface area contributed by atoms with Gasteiger partial charge in [-0.3, -0.25) is 4.90 Å². The minimum Gasteiger partial charge on any atom is -0.393 e. The van der Waals surface area contributed by atoms with Crippen LogP contribution in [0.4, 0.5) is 0 Å². The van der Waals surface area contributed by atoms with Crippen LogP contribution < -0.4 is 0 Å². The summed E-state index contributed by atoms with van der Waals surface area (Å²) in [6.07, 6.45) is 14.3. The topological polar surface area (TPSA) is 23.5 Å². The van der Waals surface area contributed by atoms with E-state index in [-0.39, 0.29) is 6.10 Å². The lowest BCUT2D eigenvalue weighted by Crippen LogP contribution is -2.51. The van der Waals surface area contributed by atoms with Gasteiger partial charge >= 0.3 is 0 Å². The van der Waals surface area contributed by atoms with Crippen LogP contribution in [0.3, 0.4) is 0 Å². The summed E-state index contributed by atoms with van der Waals surface area (Å²) in [6, 6.07) is 1.75. The van der Waals surface area contributed by atoms with Gasteiger partial charge in [0.15, 0.2) is 0 Å². The highest BCUT2D eigenvalue weighted by molar-refractivity contribution is 5.26. The number of hydrogen-bond donors (Lipinski definition) is 1. The molecular weight excluding hydrogens is 354 g/mol. The van der Waals surface area contributed by atoms with E-state index in [1.807, 2.05) is 0 Å². The SMILES string of the molecule is C[C@H]1CC[C@@H]2[C@@H](C)C3C(CC4C5CC=C6C[C@@H](O)CC[C@]6(C)C5CC[C@@]43C)N2C1. The third-order valence-electron chi connectivity index (χ3n) is 11.7. The third-order valence-corrected chi connectivity index (χ3v) is 11.7. The van der Waals surface area contributed by atoms with Gasteiger partial charge in [0.25, 0.3) is 0 Å². The van der Waals surface area contributed by atoms with Gasteiger partial charge in [-0.25, -0.2) is 0 Å². The van der Waals surface area contributed by atoms with Gasteiger partial charge in [0.05, 0.1) is 6.10 Å². The molecule has 5 fully saturated rings. The maximum atomic E-state index is 10.3. The summed E-state index contributed by atoms with van der Waals surface area (Å²) >= 11 is 0. The molecule has 2 heteroatoms. The standard InChI is InChI=1S/C27H43NO/c1-16-5-8-23-17(2)25-24(28(23)15-16)14-22-20-7-6-18-13-19(29)9-11-26(18,3)21(20)10-12-27(22,25)4/h6,16-17,19-25,29H,5,7-15H2,1-4H3/t16-,17+,19-,20?,21?,22?,23+,24?,25?,26-,27-/m0/s1. The molecule has 2 heterocycles. The molecule has 4 aliphatic carbocycles. The van der Waals surface area contributed by atoms with Crippen molar-refractivity contribution in [1.29, 1.82) is 0 Å². The Morgan fingerprint density at radius 2 is 1.83 bits per heavy atom. The van der Waals surface area contributed by atoms with E-state index in [0.717, 1.165) is 60.4 Å². The van der Waals surface area contributed by atoms with E-state index >= 15 is 0 Å². The van der Waals surface area contributed by atoms with Gasteiger partial charge in [0.2, 0.25) is 0 Å². The summed E-state index contributed by atoms with van der Waals surface area (Å²) in [5.74, 6) is 5.44. The first-order valence-corrected chi connectivity index (χ1v) is 13.0. The first-order valence-electron chi connectivity index (χ1n) is 13.0. The number of rotatable bonds is 0. The summed E-state index contributed by atoms with van der Waals surface area (Å²) in [4.78, 5) is 3.02. The van der Waals surface area contributed by atoms with Crippen molar-refractivity contribution in [2.24, 2.45) is 46.3 Å². The van der Waals surface area contributed by atoms with Gasteiger partial charge in [0, 0.05) is 18.6 Å². The average Bonchev–Trinajstić information content (AvgIpc) is 3.15. The molecule has 6 aliphatic rings. The Hall–Kier alpha value is -0.340. The molecule has 0 spiro atoms. The van der Waals surface area contributed by atoms with Crippen LogP contribution >= 0.6 is 0 Å². The minimum absolute atomic E-state index is 0.0792. The van der Waals surface area contributed by atoms with Crippen LogP contribution in [-0.4, -0.2) is 34.7 Å². The van der Waals surface area contributed by atoms with Crippen molar-refractivity contribution in [3.8, 4) is 0 Å². The molecule has 0 aromatic heterocycles. The maximum absolute atomic E-state index is 10.3. The Labute approximate surface area is 178 Å². The molecule has 11 atom stereocenters. The minimum atomic E-state index is -0.0792. The third kappa shape index (κ3) is 2.48. The Bertz CT molecular complexity index is 715. The zero-order valence-electron chi connectivity index (χ0n) is 19.2. The van der Waals surface area contributed by atoms with E-state index in [9.17, 15) is 5.11 Å². The molecule has 0 amide bonds. The molecule has 5 unspecified atom stereocenters. The van der Waals surface area contributed by atoms with E-state index in [1.165, 1.54) is 51.5 Å². The zero-order valence-corrected chi connectivity index (χ0v) is 19.2. The molecule has 29 heavy (non-hydrogen) atoms. The van der Waals surface area contributed by atoms with Crippen LogP contribution in [0.1, 0.15) is 85.5 Å². The number of piperidine rings is 1. The van der Waals surface area contributed by atoms with Gasteiger partial charge in [-0.15, -0.1) is 0 Å². The molecule has 3 saturated carbocycles. The smallest absolute Gasteiger partial charge is 0.0577 e. The van der Waals surface area contributed by atoms with Crippen LogP contribution in [0, 0.1) is 46.3 Å². The van der Waals surface area contributed by atoms with Gasteiger partial charge in [-0.1, -0.05) is 39.3 Å². The monoisotopic (exact) mass is 397 g/mol. The number of aliphatic hydroxyl groups is 1. The Balaban J connectivity index is 1.33. The summed E-state index contributed by atoms with van der Waals surface area (Å²) in [5.41, 5.74) is 2.58. The summed E-state index contributed by atoms with van der Waals surface area (Å²) in [5, 5.41) is 10.3. The molecule has 0 radical (unpaired) electrons. The van der Waals surface area contributed by atoms with Crippen LogP contribution in [-0.2, 0) is 0 Å². The molecule has 162 valence electrons. The highest BCUT2D eigenvalue weighted by atomic mass is 16.3. The fourth-order valence-corrected chi connectivity index (χ4v) is 10.4. The van der Waals surface area contributed by atoms with Crippen molar-refractivity contribution in [1.82, 2.24) is 4.90 Å². The van der Waals surface area contributed by atoms with Gasteiger partial charge in [-0.2, -0.15) is 0 Å². The molecule has 2 nitrogen and oxygen atoms in total. The number of aliphatic hydroxyl groups excluding tert-OH is 1. The molecule has 2 aliphatic heterocycles. The molecular formula is C27H43NO. The van der Waals surface area contributed by atoms with Gasteiger partial charge in [-0.05, 0) is 104 Å². The quantitative estimate of drug-likeness (QED) is 0.534. The summed E-state index contributed by atoms with van der Waals surface area (Å²) < 4.78 is 0. The van der Waals surface area contributed by atoms with E-state index in [4.69, 9.17) is 0 Å². The van der Waals surface area contributed by atoms with E-state index in [1.54, 1.807) is 5.57 Å². The highest BCUT2D eigenvalue weighted by Gasteiger charge is 2.66. The first-order chi connectivity index (χ1) is 13.8. The van der Waals surface area contributed by atoms with Gasteiger partial charge in [0.1, 0.15) is 0 Å². The lowest BCUT2D eigenvalue weighted by Gasteiger charge is -2.58. The van der Waals surface area contributed by atoms with Crippen molar-refractivity contribution < 1.29 is 5.11 Å². The highest BCUT2D eigenvalue weighted by Crippen LogP contribution is 2.69. The molecule has 1 N–H and O–H groups in total. The molecule has 0 aromatic carbocycles. The average molecular weight is 398 g/mol. The lowest BCUT2D eigenvalue weighted by atomic mass is 9.47. The Morgan fingerprint density at radius 3 is 2.66 bits per heavy atom. The van der Waals surface area contributed by atoms with Crippen molar-refractivity contribution in [3.05, 3.63) is 11.6 Å². The van der Waals surface area contributed by atoms with E-state index in [0.29, 0.717) is 10.8 Å². The predicted molar refractivity (Wildman–Crippen MR) is 118 cm³/mol. The number of fused-ring (bicyclic) bond motifs is 9. The zero-order chi connectivity index (χ0) is 20.1. The van der Waals surface area contributed by atoms with Crippen molar-refractivity contribution in [3.63, 3.8) is 0 Å². The fourth-order valence-electron chi connectivity index (χ4n) is 10.4. The normalized spacial score (nSPS) is 59.2. The van der Waals surface area contributed by atoms with E-state index in [2.05, 4.69) is 38.7 Å². The van der Waals surface area contributed by atoms with Crippen LogP contribution in [0.15, 0.2) is 11.6 Å². The number of allylic oxidation sites excluding steroid dienone is 1. The van der Waals surface area contributed by atoms with Crippen molar-refractivity contribution in [2.45, 2.75) is 104 Å². The second-order valence-electron chi connectivity index (χ2n) is 12.8. The Kier molecular flexibility index (Phi) is 4.23. The maximum Gasteiger partial charge on any atom is 0.0577 e. The van der Waals surface area contributed by atoms with Crippen molar-refractivity contribution >= 4 is 0 Å². The molecule has 2 saturated heterocycles. The first kappa shape index (κ1) is 19.4. The predicted octanol–water partition coefficient (Wildman–Crippen LogP) is 5.66. The summed E-state index contributed by atoms with van der Waals surface area (Å²) in [6.45, 7) is 11.8. The largest absolute Gasteiger partial charge is 0.393 e. The van der Waals surface area contributed by atoms with Crippen LogP contribution in [0.2, 0.25) is 0 Å². The number of nitrogens with zero attached hydrogens (tertiary/aromatic N) is 1. The van der Waals surface area contributed by atoms with Crippen LogP contribution in [0.5, 0.6) is 0 Å². The number of hydrogen-bond acceptors (Lipinski definition) is 2. The lowest BCUT2D eigenvalue weighted by molar-refractivity contribution is -0.0574. The second kappa shape index (κ2) is 6.35. The molecule has 0 bridgehead atoms. The molecule has 6 rings (SSSR count). The van der Waals surface area contributed by atoms with Crippen LogP contribution in [0.25, 0.3) is 0 Å². The van der Waals surface area contributed by atoms with E-state index < -0.39 is 0 Å². The van der Waals surface area contributed by atoms with Crippen molar-refractivity contribution in [2.75, 3.05) is 6.54 Å². The summed E-state index contributed by atoms with van der Waals surface area (Å²) in [7, 11) is 0.